The summed E-state index contributed by atoms with van der Waals surface area (Å²) in [4.78, 5) is 22.4. The third-order valence-corrected chi connectivity index (χ3v) is 2.69. The summed E-state index contributed by atoms with van der Waals surface area (Å²) in [5, 5.41) is 19.3. The summed E-state index contributed by atoms with van der Waals surface area (Å²) in [6, 6.07) is 2.67. The van der Waals surface area contributed by atoms with Crippen molar-refractivity contribution in [1.82, 2.24) is 20.4 Å². The monoisotopic (exact) mass is 252 g/mol. The molecule has 0 aliphatic carbocycles. The van der Waals surface area contributed by atoms with Crippen LogP contribution in [-0.2, 0) is 0 Å². The molecule has 1 amide bonds. The molecule has 0 unspecified atom stereocenters. The molecule has 0 saturated carbocycles. The molecular formula is C8H8N6O2S. The van der Waals surface area contributed by atoms with Crippen molar-refractivity contribution in [2.24, 2.45) is 0 Å². The Labute approximate surface area is 99.1 Å². The second-order valence-corrected chi connectivity index (χ2v) is 3.90. The lowest BCUT2D eigenvalue weighted by Gasteiger charge is -1.98. The molecule has 0 fully saturated rings. The SMILES string of the molecule is CNc1nnc(C(=O)Nc2ccc(=O)[nH]n2)s1. The Bertz CT molecular complexity index is 571. The fourth-order valence-electron chi connectivity index (χ4n) is 1.000. The number of aromatic nitrogens is 4. The number of rotatable bonds is 3. The first kappa shape index (κ1) is 11.2. The zero-order valence-corrected chi connectivity index (χ0v) is 9.54. The van der Waals surface area contributed by atoms with Crippen LogP contribution in [0.2, 0.25) is 0 Å². The van der Waals surface area contributed by atoms with Gasteiger partial charge in [-0.15, -0.1) is 10.2 Å². The average molecular weight is 252 g/mol. The van der Waals surface area contributed by atoms with Crippen LogP contribution in [-0.4, -0.2) is 33.3 Å². The van der Waals surface area contributed by atoms with Gasteiger partial charge >= 0.3 is 0 Å². The summed E-state index contributed by atoms with van der Waals surface area (Å²) in [5.74, 6) is -0.181. The first-order valence-electron chi connectivity index (χ1n) is 4.57. The van der Waals surface area contributed by atoms with E-state index in [0.717, 1.165) is 11.3 Å². The molecule has 0 saturated heterocycles. The predicted molar refractivity (Wildman–Crippen MR) is 62.3 cm³/mol. The maximum absolute atomic E-state index is 11.7. The van der Waals surface area contributed by atoms with Gasteiger partial charge in [0, 0.05) is 13.1 Å². The van der Waals surface area contributed by atoms with Crippen molar-refractivity contribution in [3.8, 4) is 0 Å². The lowest BCUT2D eigenvalue weighted by atomic mass is 10.5. The molecule has 3 N–H and O–H groups in total. The van der Waals surface area contributed by atoms with E-state index in [9.17, 15) is 9.59 Å². The summed E-state index contributed by atoms with van der Waals surface area (Å²) >= 11 is 1.12. The summed E-state index contributed by atoms with van der Waals surface area (Å²) in [7, 11) is 1.69. The van der Waals surface area contributed by atoms with Gasteiger partial charge in [-0.3, -0.25) is 9.59 Å². The molecule has 0 bridgehead atoms. The van der Waals surface area contributed by atoms with Gasteiger partial charge in [0.2, 0.25) is 10.1 Å². The Kier molecular flexibility index (Phi) is 3.10. The van der Waals surface area contributed by atoms with Crippen molar-refractivity contribution in [2.45, 2.75) is 0 Å². The van der Waals surface area contributed by atoms with Crippen molar-refractivity contribution in [3.63, 3.8) is 0 Å². The van der Waals surface area contributed by atoms with E-state index in [-0.39, 0.29) is 16.4 Å². The third kappa shape index (κ3) is 2.64. The van der Waals surface area contributed by atoms with Crippen molar-refractivity contribution in [3.05, 3.63) is 27.5 Å². The number of amides is 1. The second kappa shape index (κ2) is 4.70. The van der Waals surface area contributed by atoms with Crippen molar-refractivity contribution in [1.29, 1.82) is 0 Å². The molecule has 17 heavy (non-hydrogen) atoms. The fraction of sp³-hybridized carbons (Fsp3) is 0.125. The molecule has 0 radical (unpaired) electrons. The van der Waals surface area contributed by atoms with Crippen molar-refractivity contribution < 1.29 is 4.79 Å². The minimum atomic E-state index is -0.427. The van der Waals surface area contributed by atoms with Crippen LogP contribution < -0.4 is 16.2 Å². The number of nitrogens with zero attached hydrogens (tertiary/aromatic N) is 3. The number of carbonyl (C=O) groups excluding carboxylic acids is 1. The molecule has 2 aromatic rings. The largest absolute Gasteiger partial charge is 0.363 e. The molecule has 8 nitrogen and oxygen atoms in total. The van der Waals surface area contributed by atoms with Gasteiger partial charge in [0.05, 0.1) is 0 Å². The molecule has 2 heterocycles. The molecule has 0 aliphatic rings. The van der Waals surface area contributed by atoms with Crippen LogP contribution in [0.25, 0.3) is 0 Å². The van der Waals surface area contributed by atoms with E-state index in [1.165, 1.54) is 12.1 Å². The highest BCUT2D eigenvalue weighted by Gasteiger charge is 2.12. The van der Waals surface area contributed by atoms with E-state index < -0.39 is 5.91 Å². The highest BCUT2D eigenvalue weighted by atomic mass is 32.1. The van der Waals surface area contributed by atoms with Crippen LogP contribution in [0.3, 0.4) is 0 Å². The first-order valence-corrected chi connectivity index (χ1v) is 5.39. The molecule has 0 aliphatic heterocycles. The van der Waals surface area contributed by atoms with Gasteiger partial charge in [-0.05, 0) is 6.07 Å². The average Bonchev–Trinajstić information content (AvgIpc) is 2.81. The number of aromatic amines is 1. The van der Waals surface area contributed by atoms with Crippen LogP contribution in [0.15, 0.2) is 16.9 Å². The minimum Gasteiger partial charge on any atom is -0.363 e. The van der Waals surface area contributed by atoms with Crippen LogP contribution >= 0.6 is 11.3 Å². The summed E-state index contributed by atoms with van der Waals surface area (Å²) < 4.78 is 0. The Morgan fingerprint density at radius 3 is 2.82 bits per heavy atom. The van der Waals surface area contributed by atoms with E-state index in [1.54, 1.807) is 7.05 Å². The normalized spacial score (nSPS) is 9.94. The fourth-order valence-corrected chi connectivity index (χ4v) is 1.59. The zero-order chi connectivity index (χ0) is 12.3. The number of H-pyrrole nitrogens is 1. The molecule has 0 atom stereocenters. The number of carbonyl (C=O) groups is 1. The van der Waals surface area contributed by atoms with Crippen LogP contribution in [0, 0.1) is 0 Å². The first-order chi connectivity index (χ1) is 8.19. The van der Waals surface area contributed by atoms with Crippen molar-refractivity contribution in [2.75, 3.05) is 17.7 Å². The Hall–Kier alpha value is -2.29. The van der Waals surface area contributed by atoms with Crippen LogP contribution in [0.1, 0.15) is 9.80 Å². The summed E-state index contributed by atoms with van der Waals surface area (Å²) in [6.45, 7) is 0. The highest BCUT2D eigenvalue weighted by molar-refractivity contribution is 7.17. The molecule has 9 heteroatoms. The van der Waals surface area contributed by atoms with Gasteiger partial charge in [-0.25, -0.2) is 5.10 Å². The Morgan fingerprint density at radius 1 is 1.41 bits per heavy atom. The number of hydrogen-bond donors (Lipinski definition) is 3. The van der Waals surface area contributed by atoms with Gasteiger partial charge in [0.1, 0.15) is 0 Å². The number of nitrogens with one attached hydrogen (secondary N) is 3. The molecule has 0 aromatic carbocycles. The Balaban J connectivity index is 2.11. The number of anilines is 2. The molecule has 2 aromatic heterocycles. The van der Waals surface area contributed by atoms with Crippen molar-refractivity contribution >= 4 is 28.2 Å². The lowest BCUT2D eigenvalue weighted by molar-refractivity contribution is 0.102. The van der Waals surface area contributed by atoms with Crippen LogP contribution in [0.5, 0.6) is 0 Å². The smallest absolute Gasteiger partial charge is 0.287 e. The molecule has 88 valence electrons. The van der Waals surface area contributed by atoms with Gasteiger partial charge in [0.25, 0.3) is 11.5 Å². The van der Waals surface area contributed by atoms with E-state index >= 15 is 0 Å². The standard InChI is InChI=1S/C8H8N6O2S/c1-9-8-14-13-7(17-8)6(16)10-4-2-3-5(15)12-11-4/h2-3H,1H3,(H,9,14)(H,12,15)(H,10,11,16). The molecule has 2 rings (SSSR count). The van der Waals surface area contributed by atoms with E-state index in [2.05, 4.69) is 31.0 Å². The van der Waals surface area contributed by atoms with Gasteiger partial charge < -0.3 is 10.6 Å². The zero-order valence-electron chi connectivity index (χ0n) is 8.72. The van der Waals surface area contributed by atoms with E-state index in [0.29, 0.717) is 5.13 Å². The highest BCUT2D eigenvalue weighted by Crippen LogP contribution is 2.15. The molecule has 0 spiro atoms. The van der Waals surface area contributed by atoms with Gasteiger partial charge in [0.15, 0.2) is 5.82 Å². The van der Waals surface area contributed by atoms with Gasteiger partial charge in [-0.2, -0.15) is 5.10 Å². The maximum atomic E-state index is 11.7. The maximum Gasteiger partial charge on any atom is 0.287 e. The third-order valence-electron chi connectivity index (χ3n) is 1.75. The summed E-state index contributed by atoms with van der Waals surface area (Å²) in [5.41, 5.74) is -0.337. The van der Waals surface area contributed by atoms with E-state index in [1.807, 2.05) is 0 Å². The number of hydrogen-bond acceptors (Lipinski definition) is 7. The quantitative estimate of drug-likeness (QED) is 0.704. The minimum absolute atomic E-state index is 0.211. The van der Waals surface area contributed by atoms with Crippen LogP contribution in [0.4, 0.5) is 10.9 Å². The predicted octanol–water partition coefficient (Wildman–Crippen LogP) is -0.0846. The molecular weight excluding hydrogens is 244 g/mol. The lowest BCUT2D eigenvalue weighted by Crippen LogP contribution is -2.15. The van der Waals surface area contributed by atoms with Gasteiger partial charge in [-0.1, -0.05) is 11.3 Å². The second-order valence-electron chi connectivity index (χ2n) is 2.92. The topological polar surface area (TPSA) is 113 Å². The summed E-state index contributed by atoms with van der Waals surface area (Å²) in [6.07, 6.45) is 0. The van der Waals surface area contributed by atoms with E-state index in [4.69, 9.17) is 0 Å². The Morgan fingerprint density at radius 2 is 2.24 bits per heavy atom.